The molecule has 0 rings (SSSR count). The SMILES string of the molecule is CO[Si](CCCI)(SC)SC. The van der Waals surface area contributed by atoms with Gasteiger partial charge in [-0.3, -0.25) is 0 Å². The van der Waals surface area contributed by atoms with Crippen LogP contribution in [0.4, 0.5) is 0 Å². The highest BCUT2D eigenvalue weighted by Crippen LogP contribution is 2.34. The third-order valence-electron chi connectivity index (χ3n) is 1.55. The molecule has 0 radical (unpaired) electrons. The molecule has 0 unspecified atom stereocenters. The van der Waals surface area contributed by atoms with E-state index in [1.807, 2.05) is 29.5 Å². The van der Waals surface area contributed by atoms with E-state index in [1.165, 1.54) is 16.9 Å². The van der Waals surface area contributed by atoms with E-state index in [-0.39, 0.29) is 0 Å². The minimum absolute atomic E-state index is 1.25. The van der Waals surface area contributed by atoms with Gasteiger partial charge in [-0.25, -0.2) is 0 Å². The molecule has 0 aromatic carbocycles. The highest BCUT2D eigenvalue weighted by molar-refractivity contribution is 14.1. The third kappa shape index (κ3) is 4.40. The number of rotatable bonds is 6. The summed E-state index contributed by atoms with van der Waals surface area (Å²) in [6, 6.07) is 1.27. The van der Waals surface area contributed by atoms with Crippen molar-refractivity contribution in [2.45, 2.75) is 12.5 Å². The van der Waals surface area contributed by atoms with Crippen LogP contribution in [0.1, 0.15) is 6.42 Å². The molecule has 0 amide bonds. The van der Waals surface area contributed by atoms with Crippen LogP contribution in [-0.4, -0.2) is 30.7 Å². The molecule has 0 aromatic heterocycles. The Kier molecular flexibility index (Phi) is 8.08. The van der Waals surface area contributed by atoms with E-state index in [4.69, 9.17) is 4.43 Å². The molecule has 0 spiro atoms. The highest BCUT2D eigenvalue weighted by atomic mass is 127. The maximum Gasteiger partial charge on any atom is 0.317 e. The second-order valence-corrected chi connectivity index (χ2v) is 13.4. The zero-order valence-corrected chi connectivity index (χ0v) is 12.0. The largest absolute Gasteiger partial charge is 0.402 e. The Balaban J connectivity index is 3.84. The van der Waals surface area contributed by atoms with Crippen molar-refractivity contribution in [1.82, 2.24) is 0 Å². The molecule has 68 valence electrons. The van der Waals surface area contributed by atoms with Gasteiger partial charge in [0.15, 0.2) is 0 Å². The second-order valence-electron chi connectivity index (χ2n) is 2.09. The zero-order chi connectivity index (χ0) is 8.74. The lowest BCUT2D eigenvalue weighted by Gasteiger charge is -2.24. The molecule has 0 N–H and O–H groups in total. The van der Waals surface area contributed by atoms with Gasteiger partial charge in [0.25, 0.3) is 0 Å². The molecular formula is C6H15IOS2Si. The second kappa shape index (κ2) is 7.05. The summed E-state index contributed by atoms with van der Waals surface area (Å²) < 4.78 is 6.85. The summed E-state index contributed by atoms with van der Waals surface area (Å²) >= 11 is 6.29. The van der Waals surface area contributed by atoms with Crippen molar-refractivity contribution in [1.29, 1.82) is 0 Å². The molecule has 0 saturated carbocycles. The van der Waals surface area contributed by atoms with Crippen LogP contribution in [0.3, 0.4) is 0 Å². The van der Waals surface area contributed by atoms with E-state index in [9.17, 15) is 0 Å². The van der Waals surface area contributed by atoms with Gasteiger partial charge in [0.2, 0.25) is 0 Å². The monoisotopic (exact) mass is 322 g/mol. The van der Waals surface area contributed by atoms with Gasteiger partial charge < -0.3 is 4.43 Å². The van der Waals surface area contributed by atoms with E-state index < -0.39 is 6.62 Å². The molecule has 0 aliphatic rings. The van der Waals surface area contributed by atoms with Crippen LogP contribution < -0.4 is 0 Å². The van der Waals surface area contributed by atoms with Gasteiger partial charge in [0, 0.05) is 7.11 Å². The molecule has 0 aliphatic carbocycles. The minimum Gasteiger partial charge on any atom is -0.402 e. The first-order valence-corrected chi connectivity index (χ1v) is 11.0. The van der Waals surface area contributed by atoms with E-state index >= 15 is 0 Å². The molecule has 5 heteroatoms. The van der Waals surface area contributed by atoms with Gasteiger partial charge in [0.05, 0.1) is 0 Å². The van der Waals surface area contributed by atoms with Crippen molar-refractivity contribution in [2.75, 3.05) is 24.0 Å². The molecule has 1 nitrogen and oxygen atoms in total. The number of alkyl halides is 1. The predicted octanol–water partition coefficient (Wildman–Crippen LogP) is 3.12. The van der Waals surface area contributed by atoms with Crippen LogP contribution in [0, 0.1) is 0 Å². The Morgan fingerprint density at radius 1 is 1.36 bits per heavy atom. The van der Waals surface area contributed by atoms with Gasteiger partial charge in [-0.2, -0.15) is 0 Å². The van der Waals surface area contributed by atoms with Crippen molar-refractivity contribution >= 4 is 51.6 Å². The Morgan fingerprint density at radius 2 is 1.91 bits per heavy atom. The normalized spacial score (nSPS) is 12.0. The fourth-order valence-corrected chi connectivity index (χ4v) is 8.75. The molecule has 11 heavy (non-hydrogen) atoms. The van der Waals surface area contributed by atoms with Crippen molar-refractivity contribution in [3.05, 3.63) is 0 Å². The first kappa shape index (κ1) is 12.6. The molecule has 0 saturated heterocycles. The van der Waals surface area contributed by atoms with Crippen LogP contribution in [0.25, 0.3) is 0 Å². The zero-order valence-electron chi connectivity index (χ0n) is 7.22. The first-order valence-electron chi connectivity index (χ1n) is 3.46. The molecule has 0 atom stereocenters. The summed E-state index contributed by atoms with van der Waals surface area (Å²) in [6.45, 7) is -1.41. The quantitative estimate of drug-likeness (QED) is 0.422. The van der Waals surface area contributed by atoms with E-state index in [0.29, 0.717) is 0 Å². The van der Waals surface area contributed by atoms with Gasteiger partial charge in [-0.15, -0.1) is 22.4 Å². The number of hydrogen-bond donors (Lipinski definition) is 0. The summed E-state index contributed by atoms with van der Waals surface area (Å²) in [6.07, 6.45) is 5.63. The highest BCUT2D eigenvalue weighted by Gasteiger charge is 2.31. The van der Waals surface area contributed by atoms with Crippen molar-refractivity contribution in [2.24, 2.45) is 0 Å². The van der Waals surface area contributed by atoms with Crippen LogP contribution >= 0.6 is 45.0 Å². The molecule has 0 bridgehead atoms. The van der Waals surface area contributed by atoms with Crippen molar-refractivity contribution in [3.8, 4) is 0 Å². The molecule has 0 aliphatic heterocycles. The maximum absolute atomic E-state index is 5.60. The summed E-state index contributed by atoms with van der Waals surface area (Å²) in [4.78, 5) is 0. The summed E-state index contributed by atoms with van der Waals surface area (Å²) in [5, 5.41) is 0. The summed E-state index contributed by atoms with van der Waals surface area (Å²) in [5.74, 6) is 0. The van der Waals surface area contributed by atoms with Crippen molar-refractivity contribution in [3.63, 3.8) is 0 Å². The maximum atomic E-state index is 5.60. The van der Waals surface area contributed by atoms with E-state index in [0.717, 1.165) is 0 Å². The lowest BCUT2D eigenvalue weighted by Crippen LogP contribution is -2.28. The average Bonchev–Trinajstić information content (AvgIpc) is 2.08. The Labute approximate surface area is 92.0 Å². The van der Waals surface area contributed by atoms with Crippen LogP contribution in [0.2, 0.25) is 6.04 Å². The standard InChI is InChI=1S/C6H15IOS2Si/c1-8-11(9-2,10-3)6-4-5-7/h4-6H2,1-3H3. The first-order chi connectivity index (χ1) is 5.24. The van der Waals surface area contributed by atoms with Gasteiger partial charge in [-0.05, 0) is 29.4 Å². The van der Waals surface area contributed by atoms with Crippen molar-refractivity contribution < 1.29 is 4.43 Å². The molecule has 0 fully saturated rings. The number of halogens is 1. The average molecular weight is 322 g/mol. The van der Waals surface area contributed by atoms with Crippen LogP contribution in [0.5, 0.6) is 0 Å². The predicted molar refractivity (Wildman–Crippen MR) is 68.1 cm³/mol. The summed E-state index contributed by atoms with van der Waals surface area (Å²) in [7, 11) is 1.85. The minimum atomic E-state index is -1.41. The number of hydrogen-bond acceptors (Lipinski definition) is 3. The molecular weight excluding hydrogens is 307 g/mol. The Bertz CT molecular complexity index is 92.3. The van der Waals surface area contributed by atoms with Gasteiger partial charge in [-0.1, -0.05) is 22.6 Å². The van der Waals surface area contributed by atoms with E-state index in [1.54, 1.807) is 0 Å². The Morgan fingerprint density at radius 3 is 2.18 bits per heavy atom. The van der Waals surface area contributed by atoms with Gasteiger partial charge in [0.1, 0.15) is 0 Å². The Hall–Kier alpha value is 1.61. The van der Waals surface area contributed by atoms with Gasteiger partial charge >= 0.3 is 6.62 Å². The topological polar surface area (TPSA) is 9.23 Å². The fraction of sp³-hybridized carbons (Fsp3) is 1.00. The van der Waals surface area contributed by atoms with Crippen LogP contribution in [0.15, 0.2) is 0 Å². The lowest BCUT2D eigenvalue weighted by molar-refractivity contribution is 0.429. The smallest absolute Gasteiger partial charge is 0.317 e. The van der Waals surface area contributed by atoms with E-state index in [2.05, 4.69) is 35.1 Å². The third-order valence-corrected chi connectivity index (χ3v) is 14.1. The summed E-state index contributed by atoms with van der Waals surface area (Å²) in [5.41, 5.74) is 0. The fourth-order valence-electron chi connectivity index (χ4n) is 0.840. The molecule has 0 aromatic rings. The lowest BCUT2D eigenvalue weighted by atomic mass is 10.6. The van der Waals surface area contributed by atoms with Crippen LogP contribution in [-0.2, 0) is 4.43 Å². The molecule has 0 heterocycles.